The first-order valence-electron chi connectivity index (χ1n) is 7.62. The van der Waals surface area contributed by atoms with Gasteiger partial charge in [0, 0.05) is 17.9 Å². The van der Waals surface area contributed by atoms with E-state index in [0.29, 0.717) is 11.1 Å². The normalized spacial score (nSPS) is 20.5. The van der Waals surface area contributed by atoms with E-state index in [2.05, 4.69) is 0 Å². The van der Waals surface area contributed by atoms with Crippen molar-refractivity contribution in [2.24, 2.45) is 5.92 Å². The van der Waals surface area contributed by atoms with E-state index in [1.807, 2.05) is 0 Å². The Kier molecular flexibility index (Phi) is 4.18. The minimum absolute atomic E-state index is 0.0114. The molecule has 2 aromatic carbocycles. The highest BCUT2D eigenvalue weighted by Crippen LogP contribution is 2.40. The smallest absolute Gasteiger partial charge is 0.151 e. The molecule has 0 radical (unpaired) electrons. The molecule has 0 spiro atoms. The van der Waals surface area contributed by atoms with Crippen LogP contribution in [0.25, 0.3) is 11.1 Å². The van der Waals surface area contributed by atoms with Gasteiger partial charge in [-0.2, -0.15) is 0 Å². The maximum Gasteiger partial charge on any atom is 0.151 e. The second-order valence-electron chi connectivity index (χ2n) is 5.99. The SMILES string of the molecule is COc1cc(-c2ccc(F)cc2)cc(F)c1C1C(=O)C[C@@H](C)C1=O. The number of rotatable bonds is 3. The quantitative estimate of drug-likeness (QED) is 0.802. The number of carbonyl (C=O) groups is 2. The van der Waals surface area contributed by atoms with Gasteiger partial charge in [0.2, 0.25) is 0 Å². The molecule has 1 aliphatic carbocycles. The summed E-state index contributed by atoms with van der Waals surface area (Å²) in [6.45, 7) is 1.66. The Balaban J connectivity index is 2.11. The third kappa shape index (κ3) is 2.70. The minimum Gasteiger partial charge on any atom is -0.496 e. The lowest BCUT2D eigenvalue weighted by Gasteiger charge is -2.16. The van der Waals surface area contributed by atoms with Crippen LogP contribution < -0.4 is 4.74 Å². The van der Waals surface area contributed by atoms with E-state index in [4.69, 9.17) is 4.74 Å². The highest BCUT2D eigenvalue weighted by Gasteiger charge is 2.42. The molecule has 0 aromatic heterocycles. The standard InChI is InChI=1S/C19H16F2O3/c1-10-7-15(22)18(19(10)23)17-14(21)8-12(9-16(17)24-2)11-3-5-13(20)6-4-11/h3-6,8-10,18H,7H2,1-2H3/t10-,18?/m1/s1. The Labute approximate surface area is 138 Å². The van der Waals surface area contributed by atoms with E-state index < -0.39 is 17.7 Å². The van der Waals surface area contributed by atoms with Gasteiger partial charge in [-0.15, -0.1) is 0 Å². The van der Waals surface area contributed by atoms with Gasteiger partial charge < -0.3 is 4.74 Å². The fourth-order valence-corrected chi connectivity index (χ4v) is 3.12. The van der Waals surface area contributed by atoms with Crippen molar-refractivity contribution in [2.45, 2.75) is 19.3 Å². The van der Waals surface area contributed by atoms with Gasteiger partial charge in [0.1, 0.15) is 29.1 Å². The zero-order valence-corrected chi connectivity index (χ0v) is 13.3. The summed E-state index contributed by atoms with van der Waals surface area (Å²) >= 11 is 0. The van der Waals surface area contributed by atoms with Crippen LogP contribution in [-0.4, -0.2) is 18.7 Å². The molecule has 0 aliphatic heterocycles. The fourth-order valence-electron chi connectivity index (χ4n) is 3.12. The van der Waals surface area contributed by atoms with Crippen LogP contribution in [0.3, 0.4) is 0 Å². The van der Waals surface area contributed by atoms with Crippen molar-refractivity contribution in [3.05, 3.63) is 53.6 Å². The van der Waals surface area contributed by atoms with Gasteiger partial charge in [-0.1, -0.05) is 19.1 Å². The zero-order chi connectivity index (χ0) is 17.4. The number of hydrogen-bond acceptors (Lipinski definition) is 3. The molecule has 0 N–H and O–H groups in total. The molecule has 1 aliphatic rings. The molecule has 0 bridgehead atoms. The predicted octanol–water partition coefficient (Wildman–Crippen LogP) is 3.90. The number of hydrogen-bond donors (Lipinski definition) is 0. The average Bonchev–Trinajstić information content (AvgIpc) is 2.80. The van der Waals surface area contributed by atoms with Crippen LogP contribution in [0.15, 0.2) is 36.4 Å². The maximum absolute atomic E-state index is 14.7. The average molecular weight is 330 g/mol. The van der Waals surface area contributed by atoms with Crippen molar-refractivity contribution in [1.82, 2.24) is 0 Å². The number of halogens is 2. The van der Waals surface area contributed by atoms with Crippen molar-refractivity contribution < 1.29 is 23.1 Å². The third-order valence-corrected chi connectivity index (χ3v) is 4.38. The summed E-state index contributed by atoms with van der Waals surface area (Å²) in [5.74, 6) is -3.02. The second-order valence-corrected chi connectivity index (χ2v) is 5.99. The summed E-state index contributed by atoms with van der Waals surface area (Å²) in [5.41, 5.74) is 1.08. The van der Waals surface area contributed by atoms with Gasteiger partial charge in [-0.3, -0.25) is 9.59 Å². The molecular weight excluding hydrogens is 314 g/mol. The van der Waals surface area contributed by atoms with Crippen LogP contribution in [0.2, 0.25) is 0 Å². The van der Waals surface area contributed by atoms with Gasteiger partial charge in [0.05, 0.1) is 7.11 Å². The Morgan fingerprint density at radius 1 is 1.04 bits per heavy atom. The number of ketones is 2. The van der Waals surface area contributed by atoms with E-state index in [1.165, 1.54) is 37.4 Å². The summed E-state index contributed by atoms with van der Waals surface area (Å²) in [5, 5.41) is 0. The third-order valence-electron chi connectivity index (χ3n) is 4.38. The Morgan fingerprint density at radius 3 is 2.25 bits per heavy atom. The summed E-state index contributed by atoms with van der Waals surface area (Å²) in [6.07, 6.45) is 0.117. The first kappa shape index (κ1) is 16.3. The first-order chi connectivity index (χ1) is 11.4. The fraction of sp³-hybridized carbons (Fsp3) is 0.263. The van der Waals surface area contributed by atoms with Gasteiger partial charge in [-0.25, -0.2) is 8.78 Å². The van der Waals surface area contributed by atoms with Crippen molar-refractivity contribution in [3.63, 3.8) is 0 Å². The van der Waals surface area contributed by atoms with E-state index in [1.54, 1.807) is 13.0 Å². The Hall–Kier alpha value is -2.56. The molecule has 2 aromatic rings. The molecule has 0 heterocycles. The highest BCUT2D eigenvalue weighted by molar-refractivity contribution is 6.14. The van der Waals surface area contributed by atoms with E-state index in [9.17, 15) is 18.4 Å². The molecule has 0 amide bonds. The Bertz CT molecular complexity index is 812. The summed E-state index contributed by atoms with van der Waals surface area (Å²) in [4.78, 5) is 24.4. The van der Waals surface area contributed by atoms with Crippen LogP contribution in [0.4, 0.5) is 8.78 Å². The van der Waals surface area contributed by atoms with Gasteiger partial charge in [0.25, 0.3) is 0 Å². The maximum atomic E-state index is 14.7. The van der Waals surface area contributed by atoms with Gasteiger partial charge >= 0.3 is 0 Å². The number of benzene rings is 2. The molecule has 3 rings (SSSR count). The van der Waals surface area contributed by atoms with Crippen LogP contribution in [-0.2, 0) is 9.59 Å². The summed E-state index contributed by atoms with van der Waals surface area (Å²) in [6, 6.07) is 8.41. The molecular formula is C19H16F2O3. The lowest BCUT2D eigenvalue weighted by molar-refractivity contribution is -0.124. The zero-order valence-electron chi connectivity index (χ0n) is 13.3. The topological polar surface area (TPSA) is 43.4 Å². The first-order valence-corrected chi connectivity index (χ1v) is 7.62. The lowest BCUT2D eigenvalue weighted by Crippen LogP contribution is -2.17. The van der Waals surface area contributed by atoms with Crippen molar-refractivity contribution in [2.75, 3.05) is 7.11 Å². The van der Waals surface area contributed by atoms with Crippen LogP contribution >= 0.6 is 0 Å². The molecule has 2 atom stereocenters. The van der Waals surface area contributed by atoms with Crippen LogP contribution in [0.5, 0.6) is 5.75 Å². The Morgan fingerprint density at radius 2 is 1.71 bits per heavy atom. The lowest BCUT2D eigenvalue weighted by atomic mass is 9.91. The molecule has 1 unspecified atom stereocenters. The minimum atomic E-state index is -1.11. The van der Waals surface area contributed by atoms with Crippen molar-refractivity contribution in [1.29, 1.82) is 0 Å². The number of carbonyl (C=O) groups excluding carboxylic acids is 2. The molecule has 3 nitrogen and oxygen atoms in total. The molecule has 1 fully saturated rings. The van der Waals surface area contributed by atoms with Gasteiger partial charge in [-0.05, 0) is 35.4 Å². The molecule has 1 saturated carbocycles. The molecule has 0 saturated heterocycles. The predicted molar refractivity (Wildman–Crippen MR) is 84.9 cm³/mol. The van der Waals surface area contributed by atoms with E-state index in [0.717, 1.165) is 0 Å². The molecule has 5 heteroatoms. The van der Waals surface area contributed by atoms with E-state index >= 15 is 0 Å². The van der Waals surface area contributed by atoms with E-state index in [-0.39, 0.29) is 35.1 Å². The highest BCUT2D eigenvalue weighted by atomic mass is 19.1. The largest absolute Gasteiger partial charge is 0.496 e. The summed E-state index contributed by atoms with van der Waals surface area (Å²) in [7, 11) is 1.36. The van der Waals surface area contributed by atoms with Crippen LogP contribution in [0, 0.1) is 17.6 Å². The number of methoxy groups -OCH3 is 1. The number of ether oxygens (including phenoxy) is 1. The number of Topliss-reactive ketones (excluding diaryl/α,β-unsaturated/α-hetero) is 2. The second kappa shape index (κ2) is 6.15. The van der Waals surface area contributed by atoms with Crippen molar-refractivity contribution in [3.8, 4) is 16.9 Å². The van der Waals surface area contributed by atoms with Crippen LogP contribution in [0.1, 0.15) is 24.8 Å². The summed E-state index contributed by atoms with van der Waals surface area (Å²) < 4.78 is 33.0. The van der Waals surface area contributed by atoms with Crippen molar-refractivity contribution >= 4 is 11.6 Å². The van der Waals surface area contributed by atoms with Gasteiger partial charge in [0.15, 0.2) is 5.78 Å². The molecule has 124 valence electrons. The molecule has 24 heavy (non-hydrogen) atoms. The monoisotopic (exact) mass is 330 g/mol.